The minimum absolute atomic E-state index is 0.0941. The van der Waals surface area contributed by atoms with Crippen LogP contribution in [0.15, 0.2) is 78.9 Å². The quantitative estimate of drug-likeness (QED) is 0.406. The first-order valence-electron chi connectivity index (χ1n) is 11.7. The van der Waals surface area contributed by atoms with Gasteiger partial charge in [-0.1, -0.05) is 92.2 Å². The van der Waals surface area contributed by atoms with Crippen molar-refractivity contribution in [3.63, 3.8) is 0 Å². The van der Waals surface area contributed by atoms with Crippen molar-refractivity contribution in [2.45, 2.75) is 32.2 Å². The molecule has 3 aromatic rings. The van der Waals surface area contributed by atoms with Gasteiger partial charge in [0.15, 0.2) is 0 Å². The number of halogens is 1. The molecule has 0 fully saturated rings. The Hall–Kier alpha value is -2.66. The second-order valence-corrected chi connectivity index (χ2v) is 9.00. The highest BCUT2D eigenvalue weighted by molar-refractivity contribution is 6.31. The van der Waals surface area contributed by atoms with Crippen LogP contribution >= 0.6 is 11.6 Å². The van der Waals surface area contributed by atoms with Crippen LogP contribution in [-0.2, 0) is 16.8 Å². The highest BCUT2D eigenvalue weighted by Gasteiger charge is 2.53. The van der Waals surface area contributed by atoms with Gasteiger partial charge in [-0.2, -0.15) is 0 Å². The second kappa shape index (κ2) is 10.1. The summed E-state index contributed by atoms with van der Waals surface area (Å²) in [6, 6.07) is 26.3. The molecule has 0 saturated carbocycles. The van der Waals surface area contributed by atoms with E-state index in [1.54, 1.807) is 0 Å². The van der Waals surface area contributed by atoms with Crippen molar-refractivity contribution in [3.05, 3.63) is 101 Å². The number of anilines is 1. The van der Waals surface area contributed by atoms with Crippen LogP contribution in [0.3, 0.4) is 0 Å². The maximum atomic E-state index is 14.4. The van der Waals surface area contributed by atoms with E-state index in [2.05, 4.69) is 43.0 Å². The van der Waals surface area contributed by atoms with Crippen molar-refractivity contribution >= 4 is 23.2 Å². The van der Waals surface area contributed by atoms with Gasteiger partial charge in [-0.25, -0.2) is 10.0 Å². The zero-order valence-electron chi connectivity index (χ0n) is 19.7. The Kier molecular flexibility index (Phi) is 7.18. The lowest BCUT2D eigenvalue weighted by molar-refractivity contribution is -0.125. The third kappa shape index (κ3) is 4.31. The molecule has 0 aromatic heterocycles. The molecule has 0 N–H and O–H groups in total. The predicted molar refractivity (Wildman–Crippen MR) is 136 cm³/mol. The normalized spacial score (nSPS) is 17.8. The van der Waals surface area contributed by atoms with Crippen molar-refractivity contribution in [2.24, 2.45) is 0 Å². The molecule has 1 amide bonds. The monoisotopic (exact) mass is 461 g/mol. The maximum absolute atomic E-state index is 14.4. The van der Waals surface area contributed by atoms with Crippen molar-refractivity contribution < 1.29 is 4.79 Å². The Labute approximate surface area is 202 Å². The zero-order chi connectivity index (χ0) is 23.4. The van der Waals surface area contributed by atoms with Gasteiger partial charge in [-0.05, 0) is 54.9 Å². The number of amides is 1. The van der Waals surface area contributed by atoms with Gasteiger partial charge in [0.1, 0.15) is 5.41 Å². The van der Waals surface area contributed by atoms with Crippen molar-refractivity contribution in [2.75, 3.05) is 31.7 Å². The lowest BCUT2D eigenvalue weighted by Crippen LogP contribution is -2.49. The van der Waals surface area contributed by atoms with E-state index >= 15 is 0 Å². The number of hydrogen-bond donors (Lipinski definition) is 0. The minimum atomic E-state index is -0.727. The molecular formula is C28H32ClN3O. The van der Waals surface area contributed by atoms with Gasteiger partial charge in [0.2, 0.25) is 0 Å². The standard InChI is InChI=1S/C28H32ClN3O/c1-4-31(5-2)20-19-28(23-14-7-6-8-15-23)24-16-10-12-18-26(24)32(27(28)33)30(3)21-22-13-9-11-17-25(22)29/h6-18H,4-5,19-21H2,1-3H3/t28-/m1/s1. The Balaban J connectivity index is 1.79. The van der Waals surface area contributed by atoms with Crippen LogP contribution in [0.4, 0.5) is 5.69 Å². The van der Waals surface area contributed by atoms with Crippen LogP contribution in [0.25, 0.3) is 0 Å². The van der Waals surface area contributed by atoms with E-state index in [1.165, 1.54) is 0 Å². The van der Waals surface area contributed by atoms with E-state index in [9.17, 15) is 4.79 Å². The molecule has 0 bridgehead atoms. The van der Waals surface area contributed by atoms with Gasteiger partial charge in [-0.3, -0.25) is 4.79 Å². The minimum Gasteiger partial charge on any atom is -0.304 e. The fourth-order valence-corrected chi connectivity index (χ4v) is 5.16. The molecule has 0 saturated heterocycles. The molecule has 3 aromatic carbocycles. The molecule has 4 nitrogen and oxygen atoms in total. The van der Waals surface area contributed by atoms with Gasteiger partial charge in [0.25, 0.3) is 5.91 Å². The first kappa shape index (κ1) is 23.5. The van der Waals surface area contributed by atoms with Crippen LogP contribution < -0.4 is 5.01 Å². The van der Waals surface area contributed by atoms with Crippen LogP contribution in [0, 0.1) is 0 Å². The van der Waals surface area contributed by atoms with E-state index in [4.69, 9.17) is 11.6 Å². The predicted octanol–water partition coefficient (Wildman–Crippen LogP) is 5.75. The lowest BCUT2D eigenvalue weighted by atomic mass is 9.72. The summed E-state index contributed by atoms with van der Waals surface area (Å²) in [5.74, 6) is 0.0941. The summed E-state index contributed by atoms with van der Waals surface area (Å²) in [5, 5.41) is 4.55. The Morgan fingerprint density at radius 1 is 0.879 bits per heavy atom. The molecule has 1 aliphatic rings. The SMILES string of the molecule is CCN(CC)CC[C@]1(c2ccccc2)C(=O)N(N(C)Cc2ccccc2Cl)c2ccccc21. The number of nitrogens with zero attached hydrogens (tertiary/aromatic N) is 3. The summed E-state index contributed by atoms with van der Waals surface area (Å²) in [6.07, 6.45) is 0.727. The largest absolute Gasteiger partial charge is 0.304 e. The van der Waals surface area contributed by atoms with Crippen molar-refractivity contribution in [1.29, 1.82) is 0 Å². The highest BCUT2D eigenvalue weighted by atomic mass is 35.5. The first-order valence-corrected chi connectivity index (χ1v) is 12.1. The number of hydrogen-bond acceptors (Lipinski definition) is 3. The molecule has 0 aliphatic carbocycles. The van der Waals surface area contributed by atoms with Crippen LogP contribution in [0.1, 0.15) is 37.0 Å². The summed E-state index contributed by atoms with van der Waals surface area (Å²) in [6.45, 7) is 7.67. The third-order valence-corrected chi connectivity index (χ3v) is 7.18. The van der Waals surface area contributed by atoms with Gasteiger partial charge in [0.05, 0.1) is 5.69 Å². The van der Waals surface area contributed by atoms with E-state index in [1.807, 2.05) is 71.7 Å². The lowest BCUT2D eigenvalue weighted by Gasteiger charge is -2.34. The highest BCUT2D eigenvalue weighted by Crippen LogP contribution is 2.49. The molecule has 33 heavy (non-hydrogen) atoms. The van der Waals surface area contributed by atoms with Gasteiger partial charge < -0.3 is 4.90 Å². The molecule has 1 heterocycles. The Bertz CT molecular complexity index is 1100. The number of rotatable bonds is 9. The maximum Gasteiger partial charge on any atom is 0.256 e. The topological polar surface area (TPSA) is 26.8 Å². The molecule has 0 unspecified atom stereocenters. The summed E-state index contributed by atoms with van der Waals surface area (Å²) in [5.41, 5.74) is 3.32. The second-order valence-electron chi connectivity index (χ2n) is 8.59. The van der Waals surface area contributed by atoms with Crippen LogP contribution in [0.2, 0.25) is 5.02 Å². The number of carbonyl (C=O) groups is 1. The number of hydrazine groups is 1. The zero-order valence-corrected chi connectivity index (χ0v) is 20.4. The van der Waals surface area contributed by atoms with Crippen molar-refractivity contribution in [3.8, 4) is 0 Å². The number of carbonyl (C=O) groups excluding carboxylic acids is 1. The van der Waals surface area contributed by atoms with Gasteiger partial charge in [0, 0.05) is 18.6 Å². The van der Waals surface area contributed by atoms with E-state index in [0.717, 1.165) is 48.4 Å². The third-order valence-electron chi connectivity index (χ3n) is 6.81. The molecule has 0 spiro atoms. The average molecular weight is 462 g/mol. The van der Waals surface area contributed by atoms with Crippen LogP contribution in [-0.4, -0.2) is 42.5 Å². The van der Waals surface area contributed by atoms with Gasteiger partial charge in [-0.15, -0.1) is 0 Å². The Morgan fingerprint density at radius 3 is 2.21 bits per heavy atom. The van der Waals surface area contributed by atoms with E-state index in [-0.39, 0.29) is 5.91 Å². The molecule has 1 aliphatic heterocycles. The summed E-state index contributed by atoms with van der Waals surface area (Å²) < 4.78 is 0. The summed E-state index contributed by atoms with van der Waals surface area (Å²) in [7, 11) is 1.96. The number of para-hydroxylation sites is 1. The molecular weight excluding hydrogens is 430 g/mol. The number of fused-ring (bicyclic) bond motifs is 1. The van der Waals surface area contributed by atoms with E-state index < -0.39 is 5.41 Å². The number of benzene rings is 3. The smallest absolute Gasteiger partial charge is 0.256 e. The molecule has 5 heteroatoms. The van der Waals surface area contributed by atoms with E-state index in [0.29, 0.717) is 11.6 Å². The van der Waals surface area contributed by atoms with Gasteiger partial charge >= 0.3 is 0 Å². The molecule has 0 radical (unpaired) electrons. The molecule has 1 atom stereocenters. The molecule has 172 valence electrons. The molecule has 4 rings (SSSR count). The summed E-state index contributed by atoms with van der Waals surface area (Å²) in [4.78, 5) is 16.8. The van der Waals surface area contributed by atoms with Crippen molar-refractivity contribution in [1.82, 2.24) is 9.91 Å². The van der Waals surface area contributed by atoms with Crippen LogP contribution in [0.5, 0.6) is 0 Å². The fraction of sp³-hybridized carbons (Fsp3) is 0.321. The average Bonchev–Trinajstić information content (AvgIpc) is 3.10. The Morgan fingerprint density at radius 2 is 1.52 bits per heavy atom. The summed E-state index contributed by atoms with van der Waals surface area (Å²) >= 11 is 6.44. The first-order chi connectivity index (χ1) is 16.0. The fourth-order valence-electron chi connectivity index (χ4n) is 4.96.